The van der Waals surface area contributed by atoms with E-state index in [0.717, 1.165) is 0 Å². The van der Waals surface area contributed by atoms with Gasteiger partial charge in [-0.2, -0.15) is 0 Å². The van der Waals surface area contributed by atoms with E-state index < -0.39 is 6.10 Å². The van der Waals surface area contributed by atoms with Gasteiger partial charge in [0.25, 0.3) is 0 Å². The second kappa shape index (κ2) is 6.34. The van der Waals surface area contributed by atoms with Gasteiger partial charge in [0.05, 0.1) is 6.10 Å². The lowest BCUT2D eigenvalue weighted by atomic mass is 9.95. The Morgan fingerprint density at radius 3 is 2.47 bits per heavy atom. The molecule has 0 aliphatic rings. The molecule has 0 spiro atoms. The molecule has 96 valence electrons. The van der Waals surface area contributed by atoms with Gasteiger partial charge in [-0.05, 0) is 25.0 Å². The molecule has 0 fully saturated rings. The van der Waals surface area contributed by atoms with E-state index in [1.54, 1.807) is 19.1 Å². The first-order valence-corrected chi connectivity index (χ1v) is 6.16. The highest BCUT2D eigenvalue weighted by Gasteiger charge is 2.19. The Balaban J connectivity index is 2.89. The first kappa shape index (κ1) is 14.4. The zero-order valence-electron chi connectivity index (χ0n) is 10.4. The minimum Gasteiger partial charge on any atom is -0.392 e. The van der Waals surface area contributed by atoms with Crippen molar-refractivity contribution in [2.45, 2.75) is 32.9 Å². The Bertz CT molecular complexity index is 368. The highest BCUT2D eigenvalue weighted by Crippen LogP contribution is 2.26. The van der Waals surface area contributed by atoms with Crippen LogP contribution in [-0.4, -0.2) is 17.8 Å². The van der Waals surface area contributed by atoms with Crippen molar-refractivity contribution < 1.29 is 9.50 Å². The molecule has 2 nitrogen and oxygen atoms in total. The van der Waals surface area contributed by atoms with Crippen molar-refractivity contribution in [3.8, 4) is 0 Å². The summed E-state index contributed by atoms with van der Waals surface area (Å²) in [5.74, 6) is -0.0845. The fourth-order valence-corrected chi connectivity index (χ4v) is 1.91. The monoisotopic (exact) mass is 259 g/mol. The lowest BCUT2D eigenvalue weighted by Gasteiger charge is -2.24. The van der Waals surface area contributed by atoms with Crippen LogP contribution in [0.1, 0.15) is 32.4 Å². The number of rotatable bonds is 5. The molecule has 0 saturated carbocycles. The van der Waals surface area contributed by atoms with Crippen molar-refractivity contribution in [3.63, 3.8) is 0 Å². The zero-order valence-corrected chi connectivity index (χ0v) is 11.1. The molecule has 0 heterocycles. The van der Waals surface area contributed by atoms with Gasteiger partial charge in [0.1, 0.15) is 5.82 Å². The maximum Gasteiger partial charge on any atom is 0.129 e. The summed E-state index contributed by atoms with van der Waals surface area (Å²) in [6.07, 6.45) is -0.452. The molecule has 17 heavy (non-hydrogen) atoms. The topological polar surface area (TPSA) is 32.3 Å². The smallest absolute Gasteiger partial charge is 0.129 e. The van der Waals surface area contributed by atoms with Crippen LogP contribution in [0.3, 0.4) is 0 Å². The fraction of sp³-hybridized carbons (Fsp3) is 0.538. The molecule has 1 aromatic carbocycles. The van der Waals surface area contributed by atoms with Crippen molar-refractivity contribution >= 4 is 11.6 Å². The summed E-state index contributed by atoms with van der Waals surface area (Å²) in [7, 11) is 0. The van der Waals surface area contributed by atoms with E-state index in [9.17, 15) is 9.50 Å². The number of halogens is 2. The van der Waals surface area contributed by atoms with Gasteiger partial charge >= 0.3 is 0 Å². The Labute approximate surface area is 107 Å². The SMILES string of the molecule is CC(C)[C@@H](NC[C@H](C)O)c1ccc(Cl)cc1F. The lowest BCUT2D eigenvalue weighted by Crippen LogP contribution is -2.32. The van der Waals surface area contributed by atoms with Crippen LogP contribution in [0.4, 0.5) is 4.39 Å². The van der Waals surface area contributed by atoms with E-state index in [-0.39, 0.29) is 17.8 Å². The van der Waals surface area contributed by atoms with Crippen molar-refractivity contribution in [3.05, 3.63) is 34.6 Å². The third-order valence-electron chi connectivity index (χ3n) is 2.60. The summed E-state index contributed by atoms with van der Waals surface area (Å²) < 4.78 is 13.8. The van der Waals surface area contributed by atoms with Crippen LogP contribution in [-0.2, 0) is 0 Å². The Morgan fingerprint density at radius 2 is 2.00 bits per heavy atom. The highest BCUT2D eigenvalue weighted by molar-refractivity contribution is 6.30. The maximum atomic E-state index is 13.8. The van der Waals surface area contributed by atoms with E-state index in [1.165, 1.54) is 6.07 Å². The molecule has 0 aliphatic heterocycles. The molecule has 0 radical (unpaired) electrons. The Kier molecular flexibility index (Phi) is 5.37. The molecule has 0 amide bonds. The molecule has 0 saturated heterocycles. The first-order chi connectivity index (χ1) is 7.91. The largest absolute Gasteiger partial charge is 0.392 e. The van der Waals surface area contributed by atoms with Crippen LogP contribution in [0.25, 0.3) is 0 Å². The number of hydrogen-bond donors (Lipinski definition) is 2. The average Bonchev–Trinajstić information content (AvgIpc) is 2.20. The van der Waals surface area contributed by atoms with Gasteiger partial charge < -0.3 is 10.4 Å². The van der Waals surface area contributed by atoms with Crippen molar-refractivity contribution in [2.75, 3.05) is 6.54 Å². The van der Waals surface area contributed by atoms with Crippen molar-refractivity contribution in [1.82, 2.24) is 5.32 Å². The number of aliphatic hydroxyl groups is 1. The highest BCUT2D eigenvalue weighted by atomic mass is 35.5. The van der Waals surface area contributed by atoms with E-state index in [2.05, 4.69) is 5.32 Å². The molecule has 4 heteroatoms. The number of hydrogen-bond acceptors (Lipinski definition) is 2. The van der Waals surface area contributed by atoms with Gasteiger partial charge in [-0.25, -0.2) is 4.39 Å². The molecule has 1 rings (SSSR count). The number of aliphatic hydroxyl groups excluding tert-OH is 1. The van der Waals surface area contributed by atoms with Crippen LogP contribution in [0.2, 0.25) is 5.02 Å². The van der Waals surface area contributed by atoms with Crippen LogP contribution >= 0.6 is 11.6 Å². The molecular weight excluding hydrogens is 241 g/mol. The van der Waals surface area contributed by atoms with E-state index in [4.69, 9.17) is 11.6 Å². The van der Waals surface area contributed by atoms with Gasteiger partial charge in [0.2, 0.25) is 0 Å². The van der Waals surface area contributed by atoms with Crippen molar-refractivity contribution in [1.29, 1.82) is 0 Å². The molecule has 2 atom stereocenters. The van der Waals surface area contributed by atoms with Gasteiger partial charge in [-0.3, -0.25) is 0 Å². The summed E-state index contributed by atoms with van der Waals surface area (Å²) in [4.78, 5) is 0. The molecule has 0 bridgehead atoms. The molecular formula is C13H19ClFNO. The second-order valence-electron chi connectivity index (χ2n) is 4.64. The molecule has 0 aromatic heterocycles. The van der Waals surface area contributed by atoms with Gasteiger partial charge in [0, 0.05) is 23.2 Å². The molecule has 1 aromatic rings. The zero-order chi connectivity index (χ0) is 13.0. The predicted molar refractivity (Wildman–Crippen MR) is 68.7 cm³/mol. The minimum atomic E-state index is -0.452. The molecule has 0 unspecified atom stereocenters. The van der Waals surface area contributed by atoms with E-state index >= 15 is 0 Å². The van der Waals surface area contributed by atoms with Gasteiger partial charge in [-0.1, -0.05) is 31.5 Å². The summed E-state index contributed by atoms with van der Waals surface area (Å²) in [6.45, 7) is 6.15. The third-order valence-corrected chi connectivity index (χ3v) is 2.83. The van der Waals surface area contributed by atoms with Crippen molar-refractivity contribution in [2.24, 2.45) is 5.92 Å². The summed E-state index contributed by atoms with van der Waals surface area (Å²) in [6, 6.07) is 4.56. The quantitative estimate of drug-likeness (QED) is 0.852. The van der Waals surface area contributed by atoms with Gasteiger partial charge in [0.15, 0.2) is 0 Å². The lowest BCUT2D eigenvalue weighted by molar-refractivity contribution is 0.181. The summed E-state index contributed by atoms with van der Waals surface area (Å²) in [5, 5.41) is 12.8. The maximum absolute atomic E-state index is 13.8. The number of benzene rings is 1. The predicted octanol–water partition coefficient (Wildman–Crippen LogP) is 3.15. The fourth-order valence-electron chi connectivity index (χ4n) is 1.76. The first-order valence-electron chi connectivity index (χ1n) is 5.78. The standard InChI is InChI=1S/C13H19ClFNO/c1-8(2)13(16-7-9(3)17)11-5-4-10(14)6-12(11)15/h4-6,8-9,13,16-17H,7H2,1-3H3/t9-,13+/m0/s1. The Hall–Kier alpha value is -0.640. The second-order valence-corrected chi connectivity index (χ2v) is 5.08. The van der Waals surface area contributed by atoms with Crippen LogP contribution in [0, 0.1) is 11.7 Å². The molecule has 0 aliphatic carbocycles. The van der Waals surface area contributed by atoms with E-state index in [0.29, 0.717) is 17.1 Å². The molecule has 2 N–H and O–H groups in total. The van der Waals surface area contributed by atoms with Crippen LogP contribution in [0.5, 0.6) is 0 Å². The van der Waals surface area contributed by atoms with Crippen LogP contribution in [0.15, 0.2) is 18.2 Å². The summed E-state index contributed by atoms with van der Waals surface area (Å²) in [5.41, 5.74) is 0.588. The number of nitrogens with one attached hydrogen (secondary N) is 1. The average molecular weight is 260 g/mol. The van der Waals surface area contributed by atoms with E-state index in [1.807, 2.05) is 13.8 Å². The third kappa shape index (κ3) is 4.26. The summed E-state index contributed by atoms with van der Waals surface area (Å²) >= 11 is 5.73. The van der Waals surface area contributed by atoms with Gasteiger partial charge in [-0.15, -0.1) is 0 Å². The minimum absolute atomic E-state index is 0.123. The normalized spacial score (nSPS) is 15.0. The Morgan fingerprint density at radius 1 is 1.35 bits per heavy atom. The van der Waals surface area contributed by atoms with Crippen LogP contribution < -0.4 is 5.32 Å².